The highest BCUT2D eigenvalue weighted by Crippen LogP contribution is 2.31. The van der Waals surface area contributed by atoms with Gasteiger partial charge in [0.2, 0.25) is 0 Å². The van der Waals surface area contributed by atoms with Gasteiger partial charge in [0.25, 0.3) is 0 Å². The zero-order valence-electron chi connectivity index (χ0n) is 18.9. The van der Waals surface area contributed by atoms with E-state index in [0.717, 1.165) is 52.6 Å². The first-order valence-electron chi connectivity index (χ1n) is 11.4. The maximum absolute atomic E-state index is 6.16. The third kappa shape index (κ3) is 5.85. The number of hydrogen-bond acceptors (Lipinski definition) is 4. The number of halogens is 2. The van der Waals surface area contributed by atoms with Crippen molar-refractivity contribution in [2.24, 2.45) is 0 Å². The number of nitrogens with zero attached hydrogens (tertiary/aromatic N) is 3. The van der Waals surface area contributed by atoms with Crippen molar-refractivity contribution in [2.75, 3.05) is 31.5 Å². The van der Waals surface area contributed by atoms with Crippen molar-refractivity contribution in [1.29, 1.82) is 0 Å². The fraction of sp³-hybridized carbons (Fsp3) is 0.185. The summed E-state index contributed by atoms with van der Waals surface area (Å²) < 4.78 is 0. The first kappa shape index (κ1) is 24.2. The average Bonchev–Trinajstić information content (AvgIpc) is 3.36. The summed E-state index contributed by atoms with van der Waals surface area (Å²) in [7, 11) is 0. The van der Waals surface area contributed by atoms with Crippen LogP contribution in [0.4, 0.5) is 5.13 Å². The normalized spacial score (nSPS) is 14.3. The largest absolute Gasteiger partial charge is 0.346 e. The van der Waals surface area contributed by atoms with Gasteiger partial charge < -0.3 is 10.2 Å². The molecule has 4 nitrogen and oxygen atoms in total. The van der Waals surface area contributed by atoms with Crippen LogP contribution >= 0.6 is 46.8 Å². The molecule has 1 fully saturated rings. The summed E-state index contributed by atoms with van der Waals surface area (Å²) in [6.07, 6.45) is 0. The summed E-state index contributed by atoms with van der Waals surface area (Å²) in [5.74, 6) is 0. The van der Waals surface area contributed by atoms with Crippen LogP contribution in [0.5, 0.6) is 0 Å². The molecule has 3 aromatic carbocycles. The molecular formula is C27H24Cl2N4S2. The molecule has 2 heterocycles. The van der Waals surface area contributed by atoms with Crippen molar-refractivity contribution >= 4 is 57.0 Å². The number of nitrogens with one attached hydrogen (secondary N) is 1. The van der Waals surface area contributed by atoms with E-state index in [0.29, 0.717) is 5.11 Å². The van der Waals surface area contributed by atoms with Gasteiger partial charge in [-0.2, -0.15) is 0 Å². The Bertz CT molecular complexity index is 1220. The smallest absolute Gasteiger partial charge is 0.189 e. The van der Waals surface area contributed by atoms with Crippen molar-refractivity contribution in [2.45, 2.75) is 6.04 Å². The molecule has 8 heteroatoms. The van der Waals surface area contributed by atoms with Crippen LogP contribution in [0.1, 0.15) is 17.2 Å². The molecule has 0 spiro atoms. The molecule has 5 rings (SSSR count). The molecule has 1 saturated heterocycles. The van der Waals surface area contributed by atoms with E-state index < -0.39 is 0 Å². The number of thiocarbonyl (C=S) groups is 1. The van der Waals surface area contributed by atoms with Crippen molar-refractivity contribution in [3.8, 4) is 11.3 Å². The van der Waals surface area contributed by atoms with E-state index >= 15 is 0 Å². The predicted octanol–water partition coefficient (Wildman–Crippen LogP) is 7.22. The van der Waals surface area contributed by atoms with E-state index in [-0.39, 0.29) is 6.04 Å². The van der Waals surface area contributed by atoms with Crippen LogP contribution < -0.4 is 5.32 Å². The minimum absolute atomic E-state index is 0.126. The second kappa shape index (κ2) is 11.1. The van der Waals surface area contributed by atoms with Crippen LogP contribution in [-0.4, -0.2) is 46.1 Å². The third-order valence-corrected chi connectivity index (χ3v) is 7.75. The second-order valence-electron chi connectivity index (χ2n) is 8.36. The van der Waals surface area contributed by atoms with E-state index in [1.54, 1.807) is 11.3 Å². The standard InChI is InChI=1S/C27H24Cl2N4S2/c28-22-10-6-20(7-11-22)25(21-8-12-23(29)13-9-21)32-14-16-33(17-15-32)27(34)31-26-30-24(18-35-26)19-4-2-1-3-5-19/h1-13,18,25H,14-17H2,(H,30,31,34). The van der Waals surface area contributed by atoms with Gasteiger partial charge in [0.15, 0.2) is 10.2 Å². The van der Waals surface area contributed by atoms with E-state index in [4.69, 9.17) is 40.4 Å². The highest BCUT2D eigenvalue weighted by Gasteiger charge is 2.27. The number of hydrogen-bond donors (Lipinski definition) is 1. The first-order valence-corrected chi connectivity index (χ1v) is 13.4. The van der Waals surface area contributed by atoms with Crippen LogP contribution in [0.15, 0.2) is 84.2 Å². The van der Waals surface area contributed by atoms with Gasteiger partial charge in [0, 0.05) is 47.2 Å². The maximum Gasteiger partial charge on any atom is 0.189 e. The number of thiazole rings is 1. The number of aromatic nitrogens is 1. The molecule has 0 atom stereocenters. The van der Waals surface area contributed by atoms with Gasteiger partial charge in [-0.05, 0) is 47.6 Å². The highest BCUT2D eigenvalue weighted by molar-refractivity contribution is 7.80. The molecule has 178 valence electrons. The topological polar surface area (TPSA) is 31.4 Å². The Hall–Kier alpha value is -2.48. The van der Waals surface area contributed by atoms with Crippen molar-refractivity contribution < 1.29 is 0 Å². The lowest BCUT2D eigenvalue weighted by molar-refractivity contribution is 0.151. The lowest BCUT2D eigenvalue weighted by Gasteiger charge is -2.40. The summed E-state index contributed by atoms with van der Waals surface area (Å²) in [5, 5.41) is 8.40. The van der Waals surface area contributed by atoms with Crippen LogP contribution in [0.25, 0.3) is 11.3 Å². The SMILES string of the molecule is S=C(Nc1nc(-c2ccccc2)cs1)N1CCN(C(c2ccc(Cl)cc2)c2ccc(Cl)cc2)CC1. The lowest BCUT2D eigenvalue weighted by Crippen LogP contribution is -2.50. The maximum atomic E-state index is 6.16. The minimum atomic E-state index is 0.126. The molecule has 1 aliphatic heterocycles. The molecule has 0 aliphatic carbocycles. The molecular weight excluding hydrogens is 515 g/mol. The molecule has 0 unspecified atom stereocenters. The molecule has 0 saturated carbocycles. The number of benzene rings is 3. The van der Waals surface area contributed by atoms with E-state index in [1.165, 1.54) is 11.1 Å². The summed E-state index contributed by atoms with van der Waals surface area (Å²) in [5.41, 5.74) is 4.48. The fourth-order valence-electron chi connectivity index (χ4n) is 4.33. The molecule has 4 aromatic rings. The van der Waals surface area contributed by atoms with Crippen LogP contribution in [-0.2, 0) is 0 Å². The molecule has 35 heavy (non-hydrogen) atoms. The van der Waals surface area contributed by atoms with Gasteiger partial charge in [-0.1, -0.05) is 77.8 Å². The second-order valence-corrected chi connectivity index (χ2v) is 10.5. The lowest BCUT2D eigenvalue weighted by atomic mass is 9.96. The molecule has 0 bridgehead atoms. The van der Waals surface area contributed by atoms with Gasteiger partial charge in [-0.25, -0.2) is 4.98 Å². The van der Waals surface area contributed by atoms with Gasteiger partial charge in [0.1, 0.15) is 0 Å². The number of piperazine rings is 1. The Morgan fingerprint density at radius 1 is 0.829 bits per heavy atom. The quantitative estimate of drug-likeness (QED) is 0.271. The van der Waals surface area contributed by atoms with E-state index in [1.807, 2.05) is 42.5 Å². The predicted molar refractivity (Wildman–Crippen MR) is 152 cm³/mol. The third-order valence-electron chi connectivity index (χ3n) is 6.13. The van der Waals surface area contributed by atoms with E-state index in [9.17, 15) is 0 Å². The first-order chi connectivity index (χ1) is 17.1. The highest BCUT2D eigenvalue weighted by atomic mass is 35.5. The van der Waals surface area contributed by atoms with Crippen LogP contribution in [0, 0.1) is 0 Å². The Morgan fingerprint density at radius 3 is 1.97 bits per heavy atom. The van der Waals surface area contributed by atoms with Gasteiger partial charge in [-0.15, -0.1) is 11.3 Å². The summed E-state index contributed by atoms with van der Waals surface area (Å²) in [6.45, 7) is 3.43. The summed E-state index contributed by atoms with van der Waals surface area (Å²) in [6, 6.07) is 26.5. The Morgan fingerprint density at radius 2 is 1.40 bits per heavy atom. The monoisotopic (exact) mass is 538 g/mol. The van der Waals surface area contributed by atoms with Gasteiger partial charge in [0.05, 0.1) is 11.7 Å². The summed E-state index contributed by atoms with van der Waals surface area (Å²) >= 11 is 19.6. The van der Waals surface area contributed by atoms with Gasteiger partial charge in [-0.3, -0.25) is 4.90 Å². The van der Waals surface area contributed by atoms with Crippen molar-refractivity contribution in [3.05, 3.63) is 105 Å². The van der Waals surface area contributed by atoms with Crippen molar-refractivity contribution in [3.63, 3.8) is 0 Å². The molecule has 1 aromatic heterocycles. The van der Waals surface area contributed by atoms with Gasteiger partial charge >= 0.3 is 0 Å². The molecule has 1 N–H and O–H groups in total. The Kier molecular flexibility index (Phi) is 7.66. The number of anilines is 1. The Labute approximate surface area is 225 Å². The molecule has 1 aliphatic rings. The van der Waals surface area contributed by atoms with E-state index in [2.05, 4.69) is 56.9 Å². The Balaban J connectivity index is 1.25. The number of rotatable bonds is 5. The minimum Gasteiger partial charge on any atom is -0.346 e. The van der Waals surface area contributed by atoms with Crippen molar-refractivity contribution in [1.82, 2.24) is 14.8 Å². The fourth-order valence-corrected chi connectivity index (χ4v) is 5.65. The summed E-state index contributed by atoms with van der Waals surface area (Å²) in [4.78, 5) is 9.42. The zero-order chi connectivity index (χ0) is 24.2. The molecule has 0 amide bonds. The van der Waals surface area contributed by atoms with Crippen LogP contribution in [0.3, 0.4) is 0 Å². The average molecular weight is 540 g/mol. The zero-order valence-corrected chi connectivity index (χ0v) is 22.0. The molecule has 0 radical (unpaired) electrons. The van der Waals surface area contributed by atoms with Crippen LogP contribution in [0.2, 0.25) is 10.0 Å².